The standard InChI is InChI=1S/C19H37N5.HI/c1-5-7-8-9-12-17(3)23-19(20-6-2)22-13-10-11-15-24-16-14-21-18(24)4;/h14,16-17H,5-13,15H2,1-4H3,(H2,20,22,23);1H. The smallest absolute Gasteiger partial charge is 0.191 e. The summed E-state index contributed by atoms with van der Waals surface area (Å²) in [6.45, 7) is 11.5. The fourth-order valence-electron chi connectivity index (χ4n) is 2.73. The summed E-state index contributed by atoms with van der Waals surface area (Å²) in [6.07, 6.45) is 12.6. The van der Waals surface area contributed by atoms with E-state index in [4.69, 9.17) is 4.99 Å². The number of halogens is 1. The number of aliphatic imine (C=N–C) groups is 1. The summed E-state index contributed by atoms with van der Waals surface area (Å²) in [4.78, 5) is 8.96. The molecule has 0 bridgehead atoms. The number of nitrogens with one attached hydrogen (secondary N) is 2. The highest BCUT2D eigenvalue weighted by atomic mass is 127. The zero-order valence-electron chi connectivity index (χ0n) is 16.6. The Morgan fingerprint density at radius 3 is 2.64 bits per heavy atom. The zero-order chi connectivity index (χ0) is 17.6. The Bertz CT molecular complexity index is 458. The molecule has 1 aromatic heterocycles. The first-order valence-corrected chi connectivity index (χ1v) is 9.70. The molecule has 0 aliphatic heterocycles. The maximum absolute atomic E-state index is 4.71. The maximum Gasteiger partial charge on any atom is 0.191 e. The van der Waals surface area contributed by atoms with Crippen LogP contribution in [0.5, 0.6) is 0 Å². The molecule has 2 N–H and O–H groups in total. The Labute approximate surface area is 171 Å². The van der Waals surface area contributed by atoms with E-state index in [1.165, 1.54) is 32.1 Å². The van der Waals surface area contributed by atoms with Gasteiger partial charge in [-0.15, -0.1) is 24.0 Å². The highest BCUT2D eigenvalue weighted by molar-refractivity contribution is 14.0. The van der Waals surface area contributed by atoms with Gasteiger partial charge in [-0.25, -0.2) is 4.98 Å². The fourth-order valence-corrected chi connectivity index (χ4v) is 2.73. The molecule has 6 heteroatoms. The topological polar surface area (TPSA) is 54.2 Å². The number of hydrogen-bond acceptors (Lipinski definition) is 2. The molecule has 1 unspecified atom stereocenters. The van der Waals surface area contributed by atoms with Crippen LogP contribution in [0, 0.1) is 6.92 Å². The summed E-state index contributed by atoms with van der Waals surface area (Å²) in [5.41, 5.74) is 0. The SMILES string of the molecule is CCCCCCC(C)NC(=NCCCCn1ccnc1C)NCC.I. The van der Waals surface area contributed by atoms with Crippen molar-refractivity contribution in [2.75, 3.05) is 13.1 Å². The molecular weight excluding hydrogens is 425 g/mol. The molecule has 0 fully saturated rings. The van der Waals surface area contributed by atoms with Gasteiger partial charge in [-0.3, -0.25) is 4.99 Å². The van der Waals surface area contributed by atoms with Crippen molar-refractivity contribution in [3.8, 4) is 0 Å². The Morgan fingerprint density at radius 2 is 2.00 bits per heavy atom. The normalized spacial score (nSPS) is 12.6. The Morgan fingerprint density at radius 1 is 1.20 bits per heavy atom. The average molecular weight is 463 g/mol. The van der Waals surface area contributed by atoms with Crippen LogP contribution in [-0.2, 0) is 6.54 Å². The lowest BCUT2D eigenvalue weighted by Gasteiger charge is -2.17. The van der Waals surface area contributed by atoms with E-state index in [9.17, 15) is 0 Å². The van der Waals surface area contributed by atoms with Crippen molar-refractivity contribution in [2.45, 2.75) is 85.2 Å². The number of unbranched alkanes of at least 4 members (excludes halogenated alkanes) is 4. The lowest BCUT2D eigenvalue weighted by atomic mass is 10.1. The molecule has 0 amide bonds. The molecule has 1 atom stereocenters. The van der Waals surface area contributed by atoms with Gasteiger partial charge in [-0.05, 0) is 40.0 Å². The van der Waals surface area contributed by atoms with Gasteiger partial charge in [0.2, 0.25) is 0 Å². The third-order valence-electron chi connectivity index (χ3n) is 4.22. The largest absolute Gasteiger partial charge is 0.357 e. The Balaban J connectivity index is 0.00000576. The summed E-state index contributed by atoms with van der Waals surface area (Å²) in [5, 5.41) is 6.88. The number of aryl methyl sites for hydroxylation is 2. The first-order valence-electron chi connectivity index (χ1n) is 9.70. The van der Waals surface area contributed by atoms with Crippen LogP contribution in [0.3, 0.4) is 0 Å². The molecule has 146 valence electrons. The molecule has 0 saturated carbocycles. The Hall–Kier alpha value is -0.790. The summed E-state index contributed by atoms with van der Waals surface area (Å²) in [6, 6.07) is 0.480. The highest BCUT2D eigenvalue weighted by Crippen LogP contribution is 2.05. The minimum atomic E-state index is 0. The maximum atomic E-state index is 4.71. The molecule has 0 aliphatic rings. The summed E-state index contributed by atoms with van der Waals surface area (Å²) < 4.78 is 2.20. The van der Waals surface area contributed by atoms with E-state index in [0.717, 1.165) is 44.3 Å². The van der Waals surface area contributed by atoms with Crippen LogP contribution in [0.2, 0.25) is 0 Å². The predicted octanol–water partition coefficient (Wildman–Crippen LogP) is 4.50. The van der Waals surface area contributed by atoms with Crippen LogP contribution in [0.25, 0.3) is 0 Å². The van der Waals surface area contributed by atoms with Crippen molar-refractivity contribution in [3.63, 3.8) is 0 Å². The second kappa shape index (κ2) is 15.5. The van der Waals surface area contributed by atoms with Crippen LogP contribution >= 0.6 is 24.0 Å². The number of imidazole rings is 1. The van der Waals surface area contributed by atoms with Crippen molar-refractivity contribution in [1.29, 1.82) is 0 Å². The molecule has 1 heterocycles. The zero-order valence-corrected chi connectivity index (χ0v) is 18.9. The number of guanidine groups is 1. The molecule has 25 heavy (non-hydrogen) atoms. The third-order valence-corrected chi connectivity index (χ3v) is 4.22. The predicted molar refractivity (Wildman–Crippen MR) is 119 cm³/mol. The van der Waals surface area contributed by atoms with Crippen LogP contribution in [0.15, 0.2) is 17.4 Å². The number of aromatic nitrogens is 2. The molecule has 1 rings (SSSR count). The van der Waals surface area contributed by atoms with Crippen LogP contribution in [0.1, 0.15) is 71.5 Å². The quantitative estimate of drug-likeness (QED) is 0.208. The monoisotopic (exact) mass is 463 g/mol. The van der Waals surface area contributed by atoms with Gasteiger partial charge >= 0.3 is 0 Å². The number of nitrogens with zero attached hydrogens (tertiary/aromatic N) is 3. The second-order valence-corrected chi connectivity index (χ2v) is 6.53. The van der Waals surface area contributed by atoms with E-state index in [1.54, 1.807) is 0 Å². The van der Waals surface area contributed by atoms with Crippen LogP contribution in [0.4, 0.5) is 0 Å². The van der Waals surface area contributed by atoms with E-state index in [2.05, 4.69) is 41.0 Å². The first kappa shape index (κ1) is 24.2. The Kier molecular flexibility index (Phi) is 15.0. The van der Waals surface area contributed by atoms with Gasteiger partial charge < -0.3 is 15.2 Å². The molecule has 0 radical (unpaired) electrons. The molecular formula is C19H38IN5. The highest BCUT2D eigenvalue weighted by Gasteiger charge is 2.04. The van der Waals surface area contributed by atoms with Gasteiger partial charge in [0.15, 0.2) is 5.96 Å². The van der Waals surface area contributed by atoms with Gasteiger partial charge in [-0.2, -0.15) is 0 Å². The van der Waals surface area contributed by atoms with Crippen molar-refractivity contribution >= 4 is 29.9 Å². The summed E-state index contributed by atoms with van der Waals surface area (Å²) >= 11 is 0. The van der Waals surface area contributed by atoms with Crippen molar-refractivity contribution < 1.29 is 0 Å². The lowest BCUT2D eigenvalue weighted by Crippen LogP contribution is -2.42. The van der Waals surface area contributed by atoms with Crippen molar-refractivity contribution in [3.05, 3.63) is 18.2 Å². The average Bonchev–Trinajstić information content (AvgIpc) is 2.96. The van der Waals surface area contributed by atoms with E-state index in [0.29, 0.717) is 6.04 Å². The van der Waals surface area contributed by atoms with Gasteiger partial charge in [0.05, 0.1) is 0 Å². The van der Waals surface area contributed by atoms with Crippen molar-refractivity contribution in [2.24, 2.45) is 4.99 Å². The molecule has 0 aliphatic carbocycles. The van der Waals surface area contributed by atoms with Crippen molar-refractivity contribution in [1.82, 2.24) is 20.2 Å². The van der Waals surface area contributed by atoms with Gasteiger partial charge in [0.1, 0.15) is 5.82 Å². The second-order valence-electron chi connectivity index (χ2n) is 6.53. The number of rotatable bonds is 12. The molecule has 0 spiro atoms. The third kappa shape index (κ3) is 11.4. The molecule has 0 aromatic carbocycles. The van der Waals surface area contributed by atoms with Gasteiger partial charge in [0, 0.05) is 38.1 Å². The van der Waals surface area contributed by atoms with Gasteiger partial charge in [-0.1, -0.05) is 32.6 Å². The summed E-state index contributed by atoms with van der Waals surface area (Å²) in [7, 11) is 0. The number of hydrogen-bond donors (Lipinski definition) is 2. The molecule has 5 nitrogen and oxygen atoms in total. The first-order chi connectivity index (χ1) is 11.7. The van der Waals surface area contributed by atoms with E-state index < -0.39 is 0 Å². The fraction of sp³-hybridized carbons (Fsp3) is 0.789. The van der Waals surface area contributed by atoms with E-state index in [-0.39, 0.29) is 24.0 Å². The molecule has 0 saturated heterocycles. The summed E-state index contributed by atoms with van der Waals surface area (Å²) in [5.74, 6) is 2.05. The van der Waals surface area contributed by atoms with Crippen LogP contribution in [-0.4, -0.2) is 34.6 Å². The lowest BCUT2D eigenvalue weighted by molar-refractivity contribution is 0.536. The van der Waals surface area contributed by atoms with Gasteiger partial charge in [0.25, 0.3) is 0 Å². The minimum Gasteiger partial charge on any atom is -0.357 e. The van der Waals surface area contributed by atoms with E-state index >= 15 is 0 Å². The van der Waals surface area contributed by atoms with Crippen LogP contribution < -0.4 is 10.6 Å². The van der Waals surface area contributed by atoms with E-state index in [1.807, 2.05) is 19.3 Å². The molecule has 1 aromatic rings. The minimum absolute atomic E-state index is 0.